The second-order valence-electron chi connectivity index (χ2n) is 3.02. The molecule has 1 aromatic rings. The predicted molar refractivity (Wildman–Crippen MR) is 54.3 cm³/mol. The highest BCUT2D eigenvalue weighted by atomic mass is 16.1. The molecule has 1 aromatic carbocycles. The molecule has 0 aromatic heterocycles. The summed E-state index contributed by atoms with van der Waals surface area (Å²) in [6.45, 7) is 3.85. The minimum Gasteiger partial charge on any atom is -0.297 e. The third-order valence-corrected chi connectivity index (χ3v) is 1.59. The van der Waals surface area contributed by atoms with Gasteiger partial charge in [-0.2, -0.15) is 0 Å². The predicted octanol–water partition coefficient (Wildman–Crippen LogP) is 2.83. The molecule has 0 radical (unpaired) electrons. The molecule has 0 N–H and O–H groups in total. The van der Waals surface area contributed by atoms with Crippen LogP contribution in [0.4, 0.5) is 0 Å². The van der Waals surface area contributed by atoms with Crippen LogP contribution in [-0.4, -0.2) is 6.29 Å². The van der Waals surface area contributed by atoms with Gasteiger partial charge in [-0.1, -0.05) is 30.3 Å². The number of hydrogen-bond acceptors (Lipinski definition) is 1. The van der Waals surface area contributed by atoms with Crippen LogP contribution in [0.5, 0.6) is 0 Å². The summed E-state index contributed by atoms with van der Waals surface area (Å²) in [5, 5.41) is 0. The Morgan fingerprint density at radius 3 is 2.31 bits per heavy atom. The number of carbonyl (C=O) groups excluding carboxylic acids is 1. The molecule has 0 saturated heterocycles. The van der Waals surface area contributed by atoms with Crippen molar-refractivity contribution in [2.75, 3.05) is 0 Å². The van der Waals surface area contributed by atoms with E-state index in [-0.39, 0.29) is 0 Å². The van der Waals surface area contributed by atoms with Crippen LogP contribution in [0.2, 0.25) is 0 Å². The Labute approximate surface area is 78.4 Å². The molecule has 0 fully saturated rings. The van der Waals surface area contributed by atoms with Gasteiger partial charge in [0, 0.05) is 0 Å². The molecule has 0 aliphatic rings. The third-order valence-electron chi connectivity index (χ3n) is 1.59. The summed E-state index contributed by atoms with van der Waals surface area (Å²) in [6, 6.07) is 9.55. The Morgan fingerprint density at radius 1 is 1.23 bits per heavy atom. The van der Waals surface area contributed by atoms with Crippen LogP contribution in [0.15, 0.2) is 41.6 Å². The van der Waals surface area contributed by atoms with E-state index in [2.05, 4.69) is 5.73 Å². The average molecular weight is 172 g/mol. The molecular formula is C12H12O. The molecule has 1 nitrogen and oxygen atoms in total. The van der Waals surface area contributed by atoms with E-state index in [1.165, 1.54) is 0 Å². The van der Waals surface area contributed by atoms with Gasteiger partial charge in [0.1, 0.15) is 0 Å². The van der Waals surface area contributed by atoms with Gasteiger partial charge in [-0.15, -0.1) is 5.73 Å². The van der Waals surface area contributed by atoms with Gasteiger partial charge in [-0.25, -0.2) is 0 Å². The molecule has 66 valence electrons. The largest absolute Gasteiger partial charge is 0.297 e. The van der Waals surface area contributed by atoms with Crippen LogP contribution < -0.4 is 0 Å². The van der Waals surface area contributed by atoms with Crippen LogP contribution in [0.3, 0.4) is 0 Å². The summed E-state index contributed by atoms with van der Waals surface area (Å²) in [6.07, 6.45) is 0.836. The Kier molecular flexibility index (Phi) is 3.24. The Morgan fingerprint density at radius 2 is 1.85 bits per heavy atom. The smallest absolute Gasteiger partial charge is 0.158 e. The zero-order chi connectivity index (χ0) is 9.68. The van der Waals surface area contributed by atoms with Gasteiger partial charge >= 0.3 is 0 Å². The van der Waals surface area contributed by atoms with E-state index in [1.807, 2.05) is 44.2 Å². The van der Waals surface area contributed by atoms with Gasteiger partial charge in [-0.05, 0) is 25.0 Å². The molecule has 0 atom stereocenters. The molecule has 0 bridgehead atoms. The van der Waals surface area contributed by atoms with Crippen molar-refractivity contribution < 1.29 is 4.79 Å². The summed E-state index contributed by atoms with van der Waals surface area (Å²) in [5.74, 6) is 0. The van der Waals surface area contributed by atoms with E-state index in [9.17, 15) is 4.79 Å². The van der Waals surface area contributed by atoms with Crippen molar-refractivity contribution in [3.05, 3.63) is 47.2 Å². The molecule has 0 amide bonds. The fourth-order valence-corrected chi connectivity index (χ4v) is 1.06. The normalized spacial score (nSPS) is 8.77. The van der Waals surface area contributed by atoms with Crippen molar-refractivity contribution >= 4 is 11.9 Å². The summed E-state index contributed by atoms with van der Waals surface area (Å²) >= 11 is 0. The molecule has 1 rings (SSSR count). The van der Waals surface area contributed by atoms with Gasteiger partial charge < -0.3 is 0 Å². The highest BCUT2D eigenvalue weighted by molar-refractivity contribution is 6.06. The van der Waals surface area contributed by atoms with E-state index in [1.54, 1.807) is 0 Å². The number of hydrogen-bond donors (Lipinski definition) is 0. The Hall–Kier alpha value is -1.59. The van der Waals surface area contributed by atoms with Crippen LogP contribution in [-0.2, 0) is 4.79 Å². The lowest BCUT2D eigenvalue weighted by atomic mass is 10.1. The standard InChI is InChI=1S/C12H12O/c1-10(2)8-12(9-13)11-6-4-3-5-7-11/h3-7,9H,1-2H3. The minimum absolute atomic E-state index is 0.612. The van der Waals surface area contributed by atoms with E-state index < -0.39 is 0 Å². The fraction of sp³-hybridized carbons (Fsp3) is 0.167. The molecule has 0 aliphatic heterocycles. The Balaban J connectivity index is 3.21. The molecule has 13 heavy (non-hydrogen) atoms. The lowest BCUT2D eigenvalue weighted by Gasteiger charge is -1.95. The summed E-state index contributed by atoms with van der Waals surface area (Å²) < 4.78 is 0. The second kappa shape index (κ2) is 4.44. The molecule has 0 saturated carbocycles. The minimum atomic E-state index is 0.612. The van der Waals surface area contributed by atoms with Crippen molar-refractivity contribution in [2.45, 2.75) is 13.8 Å². The number of rotatable bonds is 2. The molecule has 0 spiro atoms. The van der Waals surface area contributed by atoms with Gasteiger partial charge in [0.25, 0.3) is 0 Å². The molecule has 1 heteroatoms. The fourth-order valence-electron chi connectivity index (χ4n) is 1.06. The van der Waals surface area contributed by atoms with Crippen molar-refractivity contribution in [1.29, 1.82) is 0 Å². The molecular weight excluding hydrogens is 160 g/mol. The summed E-state index contributed by atoms with van der Waals surface area (Å²) in [4.78, 5) is 10.7. The average Bonchev–Trinajstić information content (AvgIpc) is 2.15. The number of benzene rings is 1. The van der Waals surface area contributed by atoms with Gasteiger partial charge in [0.15, 0.2) is 6.29 Å². The summed E-state index contributed by atoms with van der Waals surface area (Å²) in [5.41, 5.74) is 5.54. The van der Waals surface area contributed by atoms with Gasteiger partial charge in [-0.3, -0.25) is 4.79 Å². The lowest BCUT2D eigenvalue weighted by molar-refractivity contribution is -0.103. The zero-order valence-corrected chi connectivity index (χ0v) is 7.87. The van der Waals surface area contributed by atoms with Crippen molar-refractivity contribution in [3.63, 3.8) is 0 Å². The number of carbonyl (C=O) groups is 1. The van der Waals surface area contributed by atoms with Crippen LogP contribution in [0, 0.1) is 0 Å². The van der Waals surface area contributed by atoms with E-state index in [0.717, 1.165) is 17.4 Å². The Bertz CT molecular complexity index is 350. The summed E-state index contributed by atoms with van der Waals surface area (Å²) in [7, 11) is 0. The maximum Gasteiger partial charge on any atom is 0.158 e. The number of aldehydes is 1. The topological polar surface area (TPSA) is 17.1 Å². The van der Waals surface area contributed by atoms with E-state index in [4.69, 9.17) is 0 Å². The quantitative estimate of drug-likeness (QED) is 0.381. The zero-order valence-electron chi connectivity index (χ0n) is 7.87. The van der Waals surface area contributed by atoms with Crippen molar-refractivity contribution in [2.24, 2.45) is 0 Å². The highest BCUT2D eigenvalue weighted by Gasteiger charge is 1.96. The maximum atomic E-state index is 10.7. The van der Waals surface area contributed by atoms with Crippen LogP contribution in [0.1, 0.15) is 19.4 Å². The first-order valence-corrected chi connectivity index (χ1v) is 4.19. The van der Waals surface area contributed by atoms with Gasteiger partial charge in [0.2, 0.25) is 0 Å². The molecule has 0 heterocycles. The van der Waals surface area contributed by atoms with Gasteiger partial charge in [0.05, 0.1) is 5.57 Å². The van der Waals surface area contributed by atoms with Crippen LogP contribution >= 0.6 is 0 Å². The van der Waals surface area contributed by atoms with Crippen LogP contribution in [0.25, 0.3) is 5.57 Å². The van der Waals surface area contributed by atoms with Crippen molar-refractivity contribution in [1.82, 2.24) is 0 Å². The SMILES string of the molecule is CC(C)=C=C(C=O)c1ccccc1. The monoisotopic (exact) mass is 172 g/mol. The van der Waals surface area contributed by atoms with E-state index >= 15 is 0 Å². The first-order chi connectivity index (χ1) is 6.24. The second-order valence-corrected chi connectivity index (χ2v) is 3.02. The molecule has 0 aliphatic carbocycles. The number of allylic oxidation sites excluding steroid dienone is 1. The first-order valence-electron chi connectivity index (χ1n) is 4.19. The maximum absolute atomic E-state index is 10.7. The van der Waals surface area contributed by atoms with E-state index in [0.29, 0.717) is 5.57 Å². The molecule has 0 unspecified atom stereocenters. The highest BCUT2D eigenvalue weighted by Crippen LogP contribution is 2.10. The third kappa shape index (κ3) is 2.73. The lowest BCUT2D eigenvalue weighted by Crippen LogP contribution is -1.82. The first kappa shape index (κ1) is 9.50. The van der Waals surface area contributed by atoms with Crippen molar-refractivity contribution in [3.8, 4) is 0 Å².